The Kier molecular flexibility index (Phi) is 5.42. The van der Waals surface area contributed by atoms with E-state index in [0.29, 0.717) is 12.2 Å². The number of aromatic nitrogens is 1. The zero-order valence-corrected chi connectivity index (χ0v) is 17.7. The Balaban J connectivity index is 1.78. The number of sulfone groups is 1. The zero-order chi connectivity index (χ0) is 21.1. The number of aryl methyl sites for hydroxylation is 1. The number of benzene rings is 3. The van der Waals surface area contributed by atoms with Crippen LogP contribution in [0.3, 0.4) is 0 Å². The Morgan fingerprint density at radius 3 is 2.33 bits per heavy atom. The molecule has 30 heavy (non-hydrogen) atoms. The summed E-state index contributed by atoms with van der Waals surface area (Å²) in [4.78, 5) is 3.61. The minimum absolute atomic E-state index is 0.221. The van der Waals surface area contributed by atoms with Crippen molar-refractivity contribution in [3.8, 4) is 5.75 Å². The lowest BCUT2D eigenvalue weighted by Gasteiger charge is -2.13. The highest BCUT2D eigenvalue weighted by Crippen LogP contribution is 2.32. The molecule has 4 rings (SSSR count). The third-order valence-corrected chi connectivity index (χ3v) is 6.84. The summed E-state index contributed by atoms with van der Waals surface area (Å²) in [5.74, 6) is 0.779. The molecule has 0 saturated carbocycles. The predicted molar refractivity (Wildman–Crippen MR) is 117 cm³/mol. The number of fused-ring (bicyclic) bond motifs is 1. The smallest absolute Gasteiger partial charge is 0.214 e. The SMILES string of the molecule is COc1ccc(CNc2c(S(=O)(=O)c3ccc(C)cc3)c[nH+]c3ccccc23)cc1. The number of nitrogens with one attached hydrogen (secondary N) is 2. The van der Waals surface area contributed by atoms with E-state index in [2.05, 4.69) is 10.3 Å². The molecule has 1 aromatic heterocycles. The molecule has 4 aromatic rings. The first-order chi connectivity index (χ1) is 14.5. The summed E-state index contributed by atoms with van der Waals surface area (Å²) in [6, 6.07) is 22.2. The number of para-hydroxylation sites is 1. The van der Waals surface area contributed by atoms with Gasteiger partial charge in [-0.3, -0.25) is 0 Å². The van der Waals surface area contributed by atoms with E-state index in [1.54, 1.807) is 25.4 Å². The van der Waals surface area contributed by atoms with Gasteiger partial charge in [-0.2, -0.15) is 0 Å². The molecule has 1 heterocycles. The lowest BCUT2D eigenvalue weighted by Crippen LogP contribution is -2.14. The van der Waals surface area contributed by atoms with Crippen LogP contribution in [0.15, 0.2) is 88.8 Å². The van der Waals surface area contributed by atoms with Crippen molar-refractivity contribution >= 4 is 26.4 Å². The van der Waals surface area contributed by atoms with Gasteiger partial charge in [0.1, 0.15) is 5.75 Å². The van der Waals surface area contributed by atoms with E-state index in [9.17, 15) is 8.42 Å². The summed E-state index contributed by atoms with van der Waals surface area (Å²) in [6.45, 7) is 2.41. The number of rotatable bonds is 6. The summed E-state index contributed by atoms with van der Waals surface area (Å²) in [6.07, 6.45) is 1.56. The minimum atomic E-state index is -3.71. The molecule has 0 spiro atoms. The van der Waals surface area contributed by atoms with E-state index in [-0.39, 0.29) is 9.79 Å². The Bertz CT molecular complexity index is 1280. The van der Waals surface area contributed by atoms with Crippen molar-refractivity contribution < 1.29 is 18.1 Å². The lowest BCUT2D eigenvalue weighted by molar-refractivity contribution is -0.347. The molecule has 0 atom stereocenters. The van der Waals surface area contributed by atoms with Crippen LogP contribution >= 0.6 is 0 Å². The molecule has 0 fully saturated rings. The number of aromatic amines is 1. The van der Waals surface area contributed by atoms with Gasteiger partial charge in [0.2, 0.25) is 15.4 Å². The number of hydrogen-bond acceptors (Lipinski definition) is 4. The van der Waals surface area contributed by atoms with Crippen molar-refractivity contribution in [2.24, 2.45) is 0 Å². The monoisotopic (exact) mass is 419 g/mol. The quantitative estimate of drug-likeness (QED) is 0.502. The van der Waals surface area contributed by atoms with Crippen molar-refractivity contribution in [1.82, 2.24) is 0 Å². The Labute approximate surface area is 176 Å². The fourth-order valence-corrected chi connectivity index (χ4v) is 4.76. The first-order valence-corrected chi connectivity index (χ1v) is 11.1. The molecule has 0 aliphatic rings. The van der Waals surface area contributed by atoms with Gasteiger partial charge in [0, 0.05) is 12.6 Å². The van der Waals surface area contributed by atoms with Gasteiger partial charge < -0.3 is 10.1 Å². The van der Waals surface area contributed by atoms with Crippen molar-refractivity contribution in [2.75, 3.05) is 12.4 Å². The third-order valence-electron chi connectivity index (χ3n) is 5.05. The second-order valence-electron chi connectivity index (χ2n) is 7.09. The molecule has 0 saturated heterocycles. The molecule has 152 valence electrons. The summed E-state index contributed by atoms with van der Waals surface area (Å²) in [5.41, 5.74) is 3.47. The highest BCUT2D eigenvalue weighted by Gasteiger charge is 2.26. The van der Waals surface area contributed by atoms with Crippen molar-refractivity contribution in [1.29, 1.82) is 0 Å². The van der Waals surface area contributed by atoms with Crippen LogP contribution < -0.4 is 15.0 Å². The lowest BCUT2D eigenvalue weighted by atomic mass is 10.1. The van der Waals surface area contributed by atoms with E-state index >= 15 is 0 Å². The molecule has 6 heteroatoms. The molecule has 0 unspecified atom stereocenters. The van der Waals surface area contributed by atoms with E-state index in [4.69, 9.17) is 4.74 Å². The maximum atomic E-state index is 13.4. The fraction of sp³-hybridized carbons (Fsp3) is 0.125. The van der Waals surface area contributed by atoms with Crippen molar-refractivity contribution in [3.63, 3.8) is 0 Å². The standard InChI is InChI=1S/C24H22N2O3S/c1-17-7-13-20(14-8-17)30(27,28)23-16-25-22-6-4-3-5-21(22)24(23)26-15-18-9-11-19(29-2)12-10-18/h3-14,16H,15H2,1-2H3,(H,25,26)/p+1. The second-order valence-corrected chi connectivity index (χ2v) is 9.01. The summed E-state index contributed by atoms with van der Waals surface area (Å²) >= 11 is 0. The average molecular weight is 420 g/mol. The van der Waals surface area contributed by atoms with Gasteiger partial charge in [-0.1, -0.05) is 42.0 Å². The molecular weight excluding hydrogens is 396 g/mol. The number of anilines is 1. The third kappa shape index (κ3) is 3.86. The van der Waals surface area contributed by atoms with Crippen LogP contribution in [0.2, 0.25) is 0 Å². The minimum Gasteiger partial charge on any atom is -0.497 e. The number of H-pyrrole nitrogens is 1. The van der Waals surface area contributed by atoms with Crippen molar-refractivity contribution in [3.05, 3.63) is 90.1 Å². The maximum Gasteiger partial charge on any atom is 0.214 e. The summed E-state index contributed by atoms with van der Waals surface area (Å²) in [5, 5.41) is 4.18. The van der Waals surface area contributed by atoms with Gasteiger partial charge in [-0.05, 0) is 42.8 Å². The Morgan fingerprint density at radius 1 is 0.933 bits per heavy atom. The van der Waals surface area contributed by atoms with Crippen LogP contribution in [-0.2, 0) is 16.4 Å². The number of hydrogen-bond donors (Lipinski definition) is 1. The van der Waals surface area contributed by atoms with Crippen LogP contribution in [0.25, 0.3) is 10.9 Å². The normalized spacial score (nSPS) is 11.4. The van der Waals surface area contributed by atoms with Crippen LogP contribution in [0.1, 0.15) is 11.1 Å². The van der Waals surface area contributed by atoms with Gasteiger partial charge in [0.05, 0.1) is 23.1 Å². The van der Waals surface area contributed by atoms with E-state index < -0.39 is 9.84 Å². The highest BCUT2D eigenvalue weighted by molar-refractivity contribution is 7.91. The van der Waals surface area contributed by atoms with Gasteiger partial charge in [0.25, 0.3) is 0 Å². The molecule has 0 aliphatic heterocycles. The molecule has 0 amide bonds. The van der Waals surface area contributed by atoms with E-state index in [1.807, 2.05) is 67.6 Å². The number of methoxy groups -OCH3 is 1. The Hall–Kier alpha value is -3.38. The first-order valence-electron chi connectivity index (χ1n) is 9.61. The molecule has 2 N–H and O–H groups in total. The number of ether oxygens (including phenoxy) is 1. The number of pyridine rings is 1. The van der Waals surface area contributed by atoms with Crippen LogP contribution in [0, 0.1) is 6.92 Å². The van der Waals surface area contributed by atoms with E-state index in [1.165, 1.54) is 0 Å². The highest BCUT2D eigenvalue weighted by atomic mass is 32.2. The van der Waals surface area contributed by atoms with Gasteiger partial charge in [0.15, 0.2) is 11.1 Å². The molecule has 3 aromatic carbocycles. The molecule has 5 nitrogen and oxygen atoms in total. The largest absolute Gasteiger partial charge is 0.497 e. The van der Waals surface area contributed by atoms with Crippen LogP contribution in [-0.4, -0.2) is 15.5 Å². The summed E-state index contributed by atoms with van der Waals surface area (Å²) < 4.78 is 32.1. The average Bonchev–Trinajstić information content (AvgIpc) is 2.78. The van der Waals surface area contributed by atoms with Gasteiger partial charge in [-0.15, -0.1) is 0 Å². The molecule has 0 radical (unpaired) electrons. The second kappa shape index (κ2) is 8.16. The van der Waals surface area contributed by atoms with Gasteiger partial charge >= 0.3 is 0 Å². The Morgan fingerprint density at radius 2 is 1.63 bits per heavy atom. The topological polar surface area (TPSA) is 69.5 Å². The molecule has 0 aliphatic carbocycles. The van der Waals surface area contributed by atoms with Crippen LogP contribution in [0.4, 0.5) is 5.69 Å². The van der Waals surface area contributed by atoms with Crippen LogP contribution in [0.5, 0.6) is 5.75 Å². The predicted octanol–water partition coefficient (Wildman–Crippen LogP) is 4.42. The molecular formula is C24H23N2O3S+. The van der Waals surface area contributed by atoms with Crippen molar-refractivity contribution in [2.45, 2.75) is 23.3 Å². The van der Waals surface area contributed by atoms with E-state index in [0.717, 1.165) is 27.8 Å². The maximum absolute atomic E-state index is 13.4. The zero-order valence-electron chi connectivity index (χ0n) is 16.8. The fourth-order valence-electron chi connectivity index (χ4n) is 3.35. The first kappa shape index (κ1) is 19.9. The molecule has 0 bridgehead atoms. The summed E-state index contributed by atoms with van der Waals surface area (Å²) in [7, 11) is -2.08. The van der Waals surface area contributed by atoms with Gasteiger partial charge in [-0.25, -0.2) is 13.4 Å².